The van der Waals surface area contributed by atoms with Crippen molar-refractivity contribution in [3.8, 4) is 0 Å². The molecule has 0 saturated carbocycles. The Labute approximate surface area is 420 Å². The Morgan fingerprint density at radius 3 is 1.42 bits per heavy atom. The molecular weight excluding hydrogens is 897 g/mol. The molecule has 7 nitrogen and oxygen atoms in total. The molecule has 0 aromatic rings. The van der Waals surface area contributed by atoms with Gasteiger partial charge >= 0.3 is 5.97 Å². The fourth-order valence-corrected chi connectivity index (χ4v) is 13.1. The highest BCUT2D eigenvalue weighted by atomic mass is 28.4. The van der Waals surface area contributed by atoms with Crippen molar-refractivity contribution in [2.45, 2.75) is 253 Å². The van der Waals surface area contributed by atoms with Crippen LogP contribution in [0.25, 0.3) is 0 Å². The van der Waals surface area contributed by atoms with Gasteiger partial charge in [-0.2, -0.15) is 0 Å². The van der Waals surface area contributed by atoms with Crippen LogP contribution in [0.4, 0.5) is 0 Å². The first kappa shape index (κ1) is 65.8. The van der Waals surface area contributed by atoms with Crippen molar-refractivity contribution in [1.29, 1.82) is 0 Å². The molecule has 0 spiro atoms. The summed E-state index contributed by atoms with van der Waals surface area (Å²) in [6, 6.07) is 0. The summed E-state index contributed by atoms with van der Waals surface area (Å²) < 4.78 is 29.2. The molecule has 0 amide bonds. The molecule has 0 aliphatic carbocycles. The summed E-state index contributed by atoms with van der Waals surface area (Å²) in [4.78, 5) is 11.3. The number of aliphatic hydroxyl groups is 1. The van der Waals surface area contributed by atoms with Crippen molar-refractivity contribution in [3.05, 3.63) is 61.3 Å². The van der Waals surface area contributed by atoms with Gasteiger partial charge in [-0.3, -0.25) is 0 Å². The summed E-state index contributed by atoms with van der Waals surface area (Å²) in [7, 11) is -8.74. The zero-order chi connectivity index (χ0) is 52.9. The lowest BCUT2D eigenvalue weighted by Crippen LogP contribution is -2.48. The molecule has 0 saturated heterocycles. The van der Waals surface area contributed by atoms with Gasteiger partial charge in [-0.25, -0.2) is 4.79 Å². The quantitative estimate of drug-likeness (QED) is 0.0349. The summed E-state index contributed by atoms with van der Waals surface area (Å²) in [5, 5.41) is 21.0. The molecular formula is C56H110O7Si4. The fourth-order valence-electron chi connectivity index (χ4n) is 7.43. The molecule has 0 unspecified atom stereocenters. The van der Waals surface area contributed by atoms with Gasteiger partial charge in [0.15, 0.2) is 33.3 Å². The lowest BCUT2D eigenvalue weighted by Gasteiger charge is -2.44. The van der Waals surface area contributed by atoms with Crippen molar-refractivity contribution < 1.29 is 32.7 Å². The average molecular weight is 1010 g/mol. The van der Waals surface area contributed by atoms with Gasteiger partial charge in [-0.05, 0) is 115 Å². The lowest BCUT2D eigenvalue weighted by atomic mass is 9.82. The lowest BCUT2D eigenvalue weighted by molar-refractivity contribution is -0.131. The number of hydrogen-bond donors (Lipinski definition) is 2. The predicted molar refractivity (Wildman–Crippen MR) is 302 cm³/mol. The molecule has 0 aromatic heterocycles. The molecule has 11 atom stereocenters. The normalized spacial score (nSPS) is 19.6. The van der Waals surface area contributed by atoms with E-state index in [-0.39, 0.29) is 74.2 Å². The monoisotopic (exact) mass is 1010 g/mol. The Kier molecular flexibility index (Phi) is 26.0. The van der Waals surface area contributed by atoms with Crippen LogP contribution in [0.3, 0.4) is 0 Å². The van der Waals surface area contributed by atoms with Crippen LogP contribution in [0.15, 0.2) is 61.3 Å². The van der Waals surface area contributed by atoms with Crippen LogP contribution >= 0.6 is 0 Å². The molecule has 2 N–H and O–H groups in total. The highest BCUT2D eigenvalue weighted by molar-refractivity contribution is 6.75. The number of rotatable bonds is 28. The molecule has 392 valence electrons. The number of carboxylic acid groups (broad SMARTS) is 1. The fraction of sp³-hybridized carbons (Fsp3) is 0.804. The summed E-state index contributed by atoms with van der Waals surface area (Å²) in [5.41, 5.74) is 0. The second-order valence-electron chi connectivity index (χ2n) is 26.7. The van der Waals surface area contributed by atoms with E-state index in [9.17, 15) is 15.0 Å². The molecule has 0 fully saturated rings. The molecule has 0 rings (SSSR count). The number of aliphatic carboxylic acids is 1. The number of allylic oxidation sites excluding steroid dienone is 4. The molecule has 0 heterocycles. The number of hydrogen-bond acceptors (Lipinski definition) is 6. The highest BCUT2D eigenvalue weighted by Gasteiger charge is 2.45. The van der Waals surface area contributed by atoms with Crippen molar-refractivity contribution >= 4 is 39.2 Å². The van der Waals surface area contributed by atoms with Crippen molar-refractivity contribution in [2.24, 2.45) is 35.5 Å². The minimum absolute atomic E-state index is 0.00525. The Morgan fingerprint density at radius 1 is 0.537 bits per heavy atom. The number of aliphatic hydroxyl groups excluding tert-OH is 1. The van der Waals surface area contributed by atoms with Crippen LogP contribution in [0.2, 0.25) is 72.5 Å². The van der Waals surface area contributed by atoms with E-state index in [4.69, 9.17) is 17.7 Å². The second kappa shape index (κ2) is 26.5. The van der Waals surface area contributed by atoms with E-state index in [1.54, 1.807) is 12.2 Å². The number of carbonyl (C=O) groups is 1. The third-order valence-electron chi connectivity index (χ3n) is 16.5. The van der Waals surface area contributed by atoms with Crippen molar-refractivity contribution in [1.82, 2.24) is 0 Å². The first-order chi connectivity index (χ1) is 29.9. The van der Waals surface area contributed by atoms with Crippen LogP contribution in [0.1, 0.15) is 150 Å². The summed E-state index contributed by atoms with van der Waals surface area (Å²) >= 11 is 0. The third kappa shape index (κ3) is 22.0. The first-order valence-corrected chi connectivity index (χ1v) is 37.5. The van der Waals surface area contributed by atoms with Crippen LogP contribution in [-0.2, 0) is 22.5 Å². The van der Waals surface area contributed by atoms with E-state index < -0.39 is 45.3 Å². The van der Waals surface area contributed by atoms with Crippen molar-refractivity contribution in [2.75, 3.05) is 0 Å². The Morgan fingerprint density at radius 2 is 0.970 bits per heavy atom. The van der Waals surface area contributed by atoms with E-state index in [0.29, 0.717) is 12.3 Å². The summed E-state index contributed by atoms with van der Waals surface area (Å²) in [5.74, 6) is -0.136. The molecule has 0 aliphatic rings. The standard InChI is InChI=1S/C56H110O7Si4/c1-28-29-32-43(4)51(59)46(7)48(61-65(22,23)54(11,12)13)38-35-41(2)39-45(6)52(63-67(26,27)56(17,18)19)44(5)36-37-47(60-64(20,21)53(8,9)10)40-49(62-66(24,25)55(14,15)16)42(3)33-30-31-34-50(57)58/h28-34,36-37,41-49,51-52,59H,1,35,38-40H2,2-27H3,(H,57,58)/t41-,42-,43-,44-,45+,46-,47+,48-,49-,51-,52-/m0/s1. The molecule has 0 bridgehead atoms. The van der Waals surface area contributed by atoms with Crippen molar-refractivity contribution in [3.63, 3.8) is 0 Å². The van der Waals surface area contributed by atoms with Gasteiger partial charge in [0, 0.05) is 24.3 Å². The van der Waals surface area contributed by atoms with Gasteiger partial charge in [0.05, 0.1) is 30.5 Å². The Balaban J connectivity index is 7.20. The summed E-state index contributed by atoms with van der Waals surface area (Å²) in [6.45, 7) is 63.6. The molecule has 11 heteroatoms. The maximum Gasteiger partial charge on any atom is 0.328 e. The van der Waals surface area contributed by atoms with Gasteiger partial charge in [0.2, 0.25) is 0 Å². The zero-order valence-corrected chi connectivity index (χ0v) is 52.5. The minimum Gasteiger partial charge on any atom is -0.478 e. The Bertz CT molecular complexity index is 1600. The van der Waals surface area contributed by atoms with E-state index in [0.717, 1.165) is 19.3 Å². The topological polar surface area (TPSA) is 94.5 Å². The second-order valence-corrected chi connectivity index (χ2v) is 45.8. The van der Waals surface area contributed by atoms with Gasteiger partial charge in [0.1, 0.15) is 0 Å². The van der Waals surface area contributed by atoms with Gasteiger partial charge in [0.25, 0.3) is 0 Å². The van der Waals surface area contributed by atoms with Crippen LogP contribution in [0, 0.1) is 35.5 Å². The maximum atomic E-state index is 11.6. The van der Waals surface area contributed by atoms with E-state index in [2.05, 4.69) is 202 Å². The maximum absolute atomic E-state index is 11.6. The molecule has 0 aliphatic heterocycles. The molecule has 0 aromatic carbocycles. The van der Waals surface area contributed by atoms with E-state index >= 15 is 0 Å². The minimum atomic E-state index is -2.23. The predicted octanol–water partition coefficient (Wildman–Crippen LogP) is 16.8. The van der Waals surface area contributed by atoms with E-state index in [1.807, 2.05) is 18.2 Å². The largest absolute Gasteiger partial charge is 0.478 e. The smallest absolute Gasteiger partial charge is 0.328 e. The van der Waals surface area contributed by atoms with Gasteiger partial charge in [-0.15, -0.1) is 0 Å². The molecule has 0 radical (unpaired) electrons. The zero-order valence-electron chi connectivity index (χ0n) is 48.5. The van der Waals surface area contributed by atoms with Gasteiger partial charge < -0.3 is 27.9 Å². The first-order valence-electron chi connectivity index (χ1n) is 25.9. The van der Waals surface area contributed by atoms with Crippen LogP contribution in [0.5, 0.6) is 0 Å². The van der Waals surface area contributed by atoms with Gasteiger partial charge in [-0.1, -0.05) is 180 Å². The van der Waals surface area contributed by atoms with Crippen LogP contribution in [-0.4, -0.2) is 80.0 Å². The SMILES string of the molecule is C=CC=C[C@H](C)[C@H](O)[C@@H](C)[C@H](CC[C@H](C)C[C@@H](C)[C@@H](O[Si](C)(C)C(C)(C)C)[C@@H](C)C=C[C@H](C[C@H](O[Si](C)(C)C(C)(C)C)[C@@H](C)C=CC=CC(=O)O)O[Si](C)(C)C(C)(C)C)O[Si](C)(C)C(C)(C)C. The van der Waals surface area contributed by atoms with E-state index in [1.165, 1.54) is 6.08 Å². The third-order valence-corrected chi connectivity index (χ3v) is 34.4. The molecule has 67 heavy (non-hydrogen) atoms. The Hall–Kier alpha value is -1.16. The van der Waals surface area contributed by atoms with Crippen LogP contribution < -0.4 is 0 Å². The highest BCUT2D eigenvalue weighted by Crippen LogP contribution is 2.44. The average Bonchev–Trinajstić information content (AvgIpc) is 3.14. The number of carboxylic acids is 1. The summed E-state index contributed by atoms with van der Waals surface area (Å²) in [6.07, 6.45) is 19.9.